The first-order valence-electron chi connectivity index (χ1n) is 7.24. The Hall–Kier alpha value is -3.20. The zero-order valence-corrected chi connectivity index (χ0v) is 14.0. The number of nitrogens with one attached hydrogen (secondary N) is 2. The zero-order chi connectivity index (χ0) is 18.4. The Labute approximate surface area is 148 Å². The van der Waals surface area contributed by atoms with Gasteiger partial charge in [0, 0.05) is 6.07 Å². The molecule has 0 radical (unpaired) electrons. The summed E-state index contributed by atoms with van der Waals surface area (Å²) in [7, 11) is 0. The van der Waals surface area contributed by atoms with E-state index in [4.69, 9.17) is 17.0 Å². The summed E-state index contributed by atoms with van der Waals surface area (Å²) in [4.78, 5) is 22.3. The highest BCUT2D eigenvalue weighted by Crippen LogP contribution is 2.27. The Morgan fingerprint density at radius 2 is 2.04 bits per heavy atom. The number of hydrogen-bond donors (Lipinski definition) is 3. The van der Waals surface area contributed by atoms with E-state index >= 15 is 0 Å². The van der Waals surface area contributed by atoms with Crippen LogP contribution in [0.15, 0.2) is 42.5 Å². The summed E-state index contributed by atoms with van der Waals surface area (Å²) >= 11 is 5.04. The third-order valence-corrected chi connectivity index (χ3v) is 3.30. The van der Waals surface area contributed by atoms with Crippen molar-refractivity contribution in [2.45, 2.75) is 6.92 Å². The van der Waals surface area contributed by atoms with Gasteiger partial charge in [-0.25, -0.2) is 0 Å². The summed E-state index contributed by atoms with van der Waals surface area (Å²) in [6.45, 7) is 2.21. The van der Waals surface area contributed by atoms with Gasteiger partial charge < -0.3 is 15.2 Å². The van der Waals surface area contributed by atoms with Gasteiger partial charge in [0.2, 0.25) is 0 Å². The van der Waals surface area contributed by atoms with Crippen LogP contribution in [0.2, 0.25) is 0 Å². The highest BCUT2D eigenvalue weighted by Gasteiger charge is 2.15. The number of nitro groups is 1. The second-order valence-electron chi connectivity index (χ2n) is 4.80. The summed E-state index contributed by atoms with van der Waals surface area (Å²) in [5.74, 6) is -0.424. The maximum Gasteiger partial charge on any atom is 0.273 e. The molecule has 0 aliphatic rings. The van der Waals surface area contributed by atoms with E-state index in [-0.39, 0.29) is 22.2 Å². The van der Waals surface area contributed by atoms with Crippen LogP contribution in [0.4, 0.5) is 11.4 Å². The molecule has 0 atom stereocenters. The van der Waals surface area contributed by atoms with Crippen molar-refractivity contribution in [3.8, 4) is 11.5 Å². The normalized spacial score (nSPS) is 9.96. The van der Waals surface area contributed by atoms with E-state index in [1.807, 2.05) is 0 Å². The van der Waals surface area contributed by atoms with E-state index in [9.17, 15) is 20.0 Å². The number of benzene rings is 2. The lowest BCUT2D eigenvalue weighted by atomic mass is 10.2. The van der Waals surface area contributed by atoms with E-state index in [1.165, 1.54) is 12.1 Å². The number of para-hydroxylation sites is 1. The molecule has 2 rings (SSSR count). The van der Waals surface area contributed by atoms with Crippen molar-refractivity contribution in [1.29, 1.82) is 0 Å². The van der Waals surface area contributed by atoms with Crippen molar-refractivity contribution >= 4 is 34.6 Å². The zero-order valence-electron chi connectivity index (χ0n) is 13.2. The average Bonchev–Trinajstić information content (AvgIpc) is 2.57. The summed E-state index contributed by atoms with van der Waals surface area (Å²) < 4.78 is 5.38. The Bertz CT molecular complexity index is 825. The van der Waals surface area contributed by atoms with Gasteiger partial charge in [0.15, 0.2) is 5.11 Å². The first kappa shape index (κ1) is 18.1. The number of carbonyl (C=O) groups is 1. The van der Waals surface area contributed by atoms with E-state index < -0.39 is 10.8 Å². The molecule has 0 saturated carbocycles. The molecule has 0 aromatic heterocycles. The first-order valence-corrected chi connectivity index (χ1v) is 7.64. The van der Waals surface area contributed by atoms with Crippen LogP contribution in [0, 0.1) is 10.1 Å². The number of ether oxygens (including phenoxy) is 1. The summed E-state index contributed by atoms with van der Waals surface area (Å²) in [5.41, 5.74) is 0.180. The summed E-state index contributed by atoms with van der Waals surface area (Å²) in [6.07, 6.45) is 0. The molecule has 0 spiro atoms. The van der Waals surface area contributed by atoms with Gasteiger partial charge in [-0.1, -0.05) is 12.1 Å². The lowest BCUT2D eigenvalue weighted by Crippen LogP contribution is -2.34. The summed E-state index contributed by atoms with van der Waals surface area (Å²) in [6, 6.07) is 10.2. The molecule has 0 aliphatic carbocycles. The number of hydrogen-bond acceptors (Lipinski definition) is 6. The molecule has 0 unspecified atom stereocenters. The highest BCUT2D eigenvalue weighted by atomic mass is 32.1. The molecule has 25 heavy (non-hydrogen) atoms. The fraction of sp³-hybridized carbons (Fsp3) is 0.125. The Balaban J connectivity index is 2.08. The minimum absolute atomic E-state index is 0.0690. The van der Waals surface area contributed by atoms with Crippen molar-refractivity contribution in [2.75, 3.05) is 11.9 Å². The number of nitrogens with zero attached hydrogens (tertiary/aromatic N) is 1. The molecule has 2 aromatic rings. The van der Waals surface area contributed by atoms with E-state index in [0.29, 0.717) is 17.9 Å². The Morgan fingerprint density at radius 3 is 2.68 bits per heavy atom. The number of carbonyl (C=O) groups excluding carboxylic acids is 1. The van der Waals surface area contributed by atoms with E-state index in [0.717, 1.165) is 6.07 Å². The van der Waals surface area contributed by atoms with Gasteiger partial charge in [0.25, 0.3) is 11.6 Å². The minimum atomic E-state index is -0.631. The number of non-ortho nitro benzene ring substituents is 1. The van der Waals surface area contributed by atoms with Crippen molar-refractivity contribution in [3.63, 3.8) is 0 Å². The fourth-order valence-corrected chi connectivity index (χ4v) is 2.20. The second kappa shape index (κ2) is 8.06. The standard InChI is InChI=1S/C16H15N3O5S/c1-2-24-14-6-4-3-5-11(14)15(21)18-16(25)17-12-8-7-10(19(22)23)9-13(12)20/h3-9,20H,2H2,1H3,(H2,17,18,21,25). The van der Waals surface area contributed by atoms with Crippen molar-refractivity contribution < 1.29 is 19.6 Å². The van der Waals surface area contributed by atoms with Gasteiger partial charge in [-0.15, -0.1) is 0 Å². The number of anilines is 1. The van der Waals surface area contributed by atoms with Crippen molar-refractivity contribution in [3.05, 3.63) is 58.1 Å². The van der Waals surface area contributed by atoms with Crippen molar-refractivity contribution in [2.24, 2.45) is 0 Å². The van der Waals surface area contributed by atoms with Gasteiger partial charge >= 0.3 is 0 Å². The third kappa shape index (κ3) is 4.64. The largest absolute Gasteiger partial charge is 0.506 e. The van der Waals surface area contributed by atoms with Gasteiger partial charge in [-0.05, 0) is 37.3 Å². The SMILES string of the molecule is CCOc1ccccc1C(=O)NC(=S)Nc1ccc([N+](=O)[O-])cc1O. The van der Waals surface area contributed by atoms with Gasteiger partial charge in [0.1, 0.15) is 11.5 Å². The maximum absolute atomic E-state index is 12.3. The fourth-order valence-electron chi connectivity index (χ4n) is 2.00. The molecule has 130 valence electrons. The second-order valence-corrected chi connectivity index (χ2v) is 5.20. The molecular weight excluding hydrogens is 346 g/mol. The number of amides is 1. The van der Waals surface area contributed by atoms with Gasteiger partial charge in [-0.3, -0.25) is 20.2 Å². The molecule has 3 N–H and O–H groups in total. The van der Waals surface area contributed by atoms with Crippen LogP contribution in [0.25, 0.3) is 0 Å². The molecule has 9 heteroatoms. The van der Waals surface area contributed by atoms with Crippen LogP contribution in [0.5, 0.6) is 11.5 Å². The number of phenolic OH excluding ortho intramolecular Hbond substituents is 1. The van der Waals surface area contributed by atoms with Crippen LogP contribution in [0.3, 0.4) is 0 Å². The van der Waals surface area contributed by atoms with Crippen LogP contribution < -0.4 is 15.4 Å². The van der Waals surface area contributed by atoms with Crippen LogP contribution in [-0.2, 0) is 0 Å². The first-order chi connectivity index (χ1) is 11.9. The van der Waals surface area contributed by atoms with Crippen molar-refractivity contribution in [1.82, 2.24) is 5.32 Å². The number of aromatic hydroxyl groups is 1. The predicted octanol–water partition coefficient (Wildman–Crippen LogP) is 2.83. The van der Waals surface area contributed by atoms with Crippen LogP contribution in [-0.4, -0.2) is 27.7 Å². The smallest absolute Gasteiger partial charge is 0.273 e. The molecule has 0 aliphatic heterocycles. The maximum atomic E-state index is 12.3. The summed E-state index contributed by atoms with van der Waals surface area (Å²) in [5, 5.41) is 25.5. The quantitative estimate of drug-likeness (QED) is 0.325. The topological polar surface area (TPSA) is 114 Å². The van der Waals surface area contributed by atoms with Gasteiger partial charge in [-0.2, -0.15) is 0 Å². The molecule has 0 saturated heterocycles. The number of nitro benzene ring substituents is 1. The van der Waals surface area contributed by atoms with Crippen LogP contribution in [0.1, 0.15) is 17.3 Å². The molecular formula is C16H15N3O5S. The molecule has 1 amide bonds. The lowest BCUT2D eigenvalue weighted by molar-refractivity contribution is -0.384. The van der Waals surface area contributed by atoms with E-state index in [2.05, 4.69) is 10.6 Å². The number of phenols is 1. The number of thiocarbonyl (C=S) groups is 1. The monoisotopic (exact) mass is 361 g/mol. The predicted molar refractivity (Wildman–Crippen MR) is 96.1 cm³/mol. The third-order valence-electron chi connectivity index (χ3n) is 3.10. The molecule has 8 nitrogen and oxygen atoms in total. The van der Waals surface area contributed by atoms with Crippen LogP contribution >= 0.6 is 12.2 Å². The highest BCUT2D eigenvalue weighted by molar-refractivity contribution is 7.80. The van der Waals surface area contributed by atoms with Gasteiger partial charge in [0.05, 0.1) is 28.8 Å². The van der Waals surface area contributed by atoms with E-state index in [1.54, 1.807) is 31.2 Å². The lowest BCUT2D eigenvalue weighted by Gasteiger charge is -2.13. The molecule has 2 aromatic carbocycles. The Kier molecular flexibility index (Phi) is 5.85. The Morgan fingerprint density at radius 1 is 1.32 bits per heavy atom. The average molecular weight is 361 g/mol. The minimum Gasteiger partial charge on any atom is -0.506 e. The number of rotatable bonds is 5. The molecule has 0 heterocycles. The molecule has 0 bridgehead atoms. The molecule has 0 fully saturated rings.